The van der Waals surface area contributed by atoms with Crippen molar-refractivity contribution in [3.05, 3.63) is 42.0 Å². The Balaban J connectivity index is 2.54. The molecule has 4 N–H and O–H groups in total. The molecule has 0 heterocycles. The molecule has 0 aliphatic rings. The molecule has 0 aliphatic carbocycles. The predicted molar refractivity (Wildman–Crippen MR) is 78.4 cm³/mol. The zero-order chi connectivity index (χ0) is 14.9. The van der Waals surface area contributed by atoms with Crippen molar-refractivity contribution in [1.29, 1.82) is 0 Å². The topological polar surface area (TPSA) is 95.4 Å². The summed E-state index contributed by atoms with van der Waals surface area (Å²) in [6.07, 6.45) is 0. The van der Waals surface area contributed by atoms with Gasteiger partial charge in [-0.15, -0.1) is 0 Å². The summed E-state index contributed by atoms with van der Waals surface area (Å²) in [7, 11) is -2.17. The van der Waals surface area contributed by atoms with Crippen molar-refractivity contribution in [3.8, 4) is 5.75 Å². The Bertz CT molecular complexity index is 755. The first-order valence-corrected chi connectivity index (χ1v) is 7.39. The second-order valence-corrected chi connectivity index (χ2v) is 6.38. The predicted octanol–water partition coefficient (Wildman–Crippen LogP) is 2.00. The van der Waals surface area contributed by atoms with Crippen LogP contribution in [0.15, 0.2) is 46.2 Å². The normalized spacial score (nSPS) is 11.3. The van der Waals surface area contributed by atoms with Crippen LogP contribution in [-0.2, 0) is 9.84 Å². The van der Waals surface area contributed by atoms with E-state index in [4.69, 9.17) is 16.2 Å². The van der Waals surface area contributed by atoms with Gasteiger partial charge in [0.1, 0.15) is 5.75 Å². The number of anilines is 2. The summed E-state index contributed by atoms with van der Waals surface area (Å²) in [5.41, 5.74) is 13.0. The Morgan fingerprint density at radius 2 is 1.50 bits per heavy atom. The van der Waals surface area contributed by atoms with Gasteiger partial charge in [-0.05, 0) is 42.8 Å². The minimum atomic E-state index is -3.64. The van der Waals surface area contributed by atoms with E-state index in [0.717, 1.165) is 5.56 Å². The van der Waals surface area contributed by atoms with E-state index in [1.165, 1.54) is 37.4 Å². The van der Waals surface area contributed by atoms with E-state index in [1.54, 1.807) is 6.07 Å². The molecule has 6 heteroatoms. The number of sulfone groups is 1. The van der Waals surface area contributed by atoms with Crippen molar-refractivity contribution in [1.82, 2.24) is 0 Å². The van der Waals surface area contributed by atoms with Crippen molar-refractivity contribution >= 4 is 21.2 Å². The summed E-state index contributed by atoms with van der Waals surface area (Å²) < 4.78 is 30.0. The van der Waals surface area contributed by atoms with E-state index >= 15 is 0 Å². The monoisotopic (exact) mass is 292 g/mol. The van der Waals surface area contributed by atoms with E-state index in [9.17, 15) is 8.42 Å². The van der Waals surface area contributed by atoms with Gasteiger partial charge in [0, 0.05) is 5.69 Å². The molecule has 20 heavy (non-hydrogen) atoms. The van der Waals surface area contributed by atoms with E-state index in [2.05, 4.69) is 0 Å². The molecule has 0 atom stereocenters. The third kappa shape index (κ3) is 2.42. The summed E-state index contributed by atoms with van der Waals surface area (Å²) in [4.78, 5) is 0.254. The maximum atomic E-state index is 12.5. The molecule has 0 spiro atoms. The van der Waals surface area contributed by atoms with Gasteiger partial charge in [0.2, 0.25) is 9.84 Å². The van der Waals surface area contributed by atoms with Crippen molar-refractivity contribution in [2.24, 2.45) is 0 Å². The highest BCUT2D eigenvalue weighted by Crippen LogP contribution is 2.29. The van der Waals surface area contributed by atoms with Gasteiger partial charge in [0.05, 0.1) is 22.6 Å². The Morgan fingerprint density at radius 3 is 2.00 bits per heavy atom. The molecule has 0 bridgehead atoms. The van der Waals surface area contributed by atoms with Crippen molar-refractivity contribution in [2.75, 3.05) is 18.6 Å². The zero-order valence-corrected chi connectivity index (χ0v) is 12.1. The first-order valence-electron chi connectivity index (χ1n) is 5.91. The maximum absolute atomic E-state index is 12.5. The molecule has 0 aromatic heterocycles. The van der Waals surface area contributed by atoms with E-state index in [1.807, 2.05) is 6.92 Å². The highest BCUT2D eigenvalue weighted by atomic mass is 32.2. The Labute approximate surface area is 118 Å². The third-order valence-corrected chi connectivity index (χ3v) is 4.82. The van der Waals surface area contributed by atoms with Gasteiger partial charge < -0.3 is 16.2 Å². The van der Waals surface area contributed by atoms with Crippen molar-refractivity contribution < 1.29 is 13.2 Å². The summed E-state index contributed by atoms with van der Waals surface area (Å²) in [5.74, 6) is 0.437. The van der Waals surface area contributed by atoms with Gasteiger partial charge in [0.25, 0.3) is 0 Å². The highest BCUT2D eigenvalue weighted by Gasteiger charge is 2.19. The van der Waals surface area contributed by atoms with Crippen LogP contribution in [0.1, 0.15) is 5.56 Å². The smallest absolute Gasteiger partial charge is 0.206 e. The number of ether oxygens (including phenoxy) is 1. The molecule has 0 unspecified atom stereocenters. The number of hydrogen-bond donors (Lipinski definition) is 2. The number of rotatable bonds is 3. The molecule has 0 aliphatic heterocycles. The fourth-order valence-electron chi connectivity index (χ4n) is 1.80. The molecular formula is C14H16N2O3S. The van der Waals surface area contributed by atoms with Gasteiger partial charge in [0.15, 0.2) is 0 Å². The van der Waals surface area contributed by atoms with Crippen LogP contribution >= 0.6 is 0 Å². The van der Waals surface area contributed by atoms with E-state index in [-0.39, 0.29) is 15.5 Å². The van der Waals surface area contributed by atoms with Crippen LogP contribution in [-0.4, -0.2) is 15.5 Å². The molecule has 2 aromatic rings. The molecule has 0 amide bonds. The third-order valence-electron chi connectivity index (χ3n) is 3.07. The molecule has 0 radical (unpaired) electrons. The molecule has 5 nitrogen and oxygen atoms in total. The van der Waals surface area contributed by atoms with Crippen LogP contribution in [0.4, 0.5) is 11.4 Å². The van der Waals surface area contributed by atoms with Gasteiger partial charge in [-0.2, -0.15) is 0 Å². The van der Waals surface area contributed by atoms with Crippen LogP contribution in [0.2, 0.25) is 0 Å². The highest BCUT2D eigenvalue weighted by molar-refractivity contribution is 7.91. The van der Waals surface area contributed by atoms with Gasteiger partial charge in [-0.1, -0.05) is 6.07 Å². The summed E-state index contributed by atoms with van der Waals surface area (Å²) in [5, 5.41) is 0. The van der Waals surface area contributed by atoms with Crippen molar-refractivity contribution in [2.45, 2.75) is 16.7 Å². The first kappa shape index (κ1) is 14.2. The number of aryl methyl sites for hydroxylation is 1. The minimum absolute atomic E-state index is 0.110. The average Bonchev–Trinajstić information content (AvgIpc) is 2.41. The Morgan fingerprint density at radius 1 is 0.950 bits per heavy atom. The Kier molecular flexibility index (Phi) is 3.59. The largest absolute Gasteiger partial charge is 0.495 e. The lowest BCUT2D eigenvalue weighted by atomic mass is 10.2. The van der Waals surface area contributed by atoms with Crippen molar-refractivity contribution in [3.63, 3.8) is 0 Å². The lowest BCUT2D eigenvalue weighted by molar-refractivity contribution is 0.416. The van der Waals surface area contributed by atoms with Gasteiger partial charge in [-0.3, -0.25) is 0 Å². The van der Waals surface area contributed by atoms with Crippen LogP contribution in [0.25, 0.3) is 0 Å². The SMILES string of the molecule is COc1ccc(S(=O)(=O)c2ccc(C)c(N)c2)cc1N. The van der Waals surface area contributed by atoms with E-state index < -0.39 is 9.84 Å². The van der Waals surface area contributed by atoms with Crippen LogP contribution in [0.5, 0.6) is 5.75 Å². The lowest BCUT2D eigenvalue weighted by Gasteiger charge is -2.09. The average molecular weight is 292 g/mol. The second-order valence-electron chi connectivity index (χ2n) is 4.43. The zero-order valence-electron chi connectivity index (χ0n) is 11.3. The van der Waals surface area contributed by atoms with Gasteiger partial charge >= 0.3 is 0 Å². The maximum Gasteiger partial charge on any atom is 0.206 e. The Hall–Kier alpha value is -2.21. The fourth-order valence-corrected chi connectivity index (χ4v) is 3.13. The summed E-state index contributed by atoms with van der Waals surface area (Å²) >= 11 is 0. The quantitative estimate of drug-likeness (QED) is 0.844. The number of nitrogens with two attached hydrogens (primary N) is 2. The number of benzene rings is 2. The molecule has 2 aromatic carbocycles. The van der Waals surface area contributed by atoms with Gasteiger partial charge in [-0.25, -0.2) is 8.42 Å². The minimum Gasteiger partial charge on any atom is -0.495 e. The van der Waals surface area contributed by atoms with Crippen LogP contribution in [0, 0.1) is 6.92 Å². The number of nitrogen functional groups attached to an aromatic ring is 2. The van der Waals surface area contributed by atoms with Crippen LogP contribution < -0.4 is 16.2 Å². The molecule has 0 saturated heterocycles. The van der Waals surface area contributed by atoms with E-state index in [0.29, 0.717) is 11.4 Å². The van der Waals surface area contributed by atoms with Crippen LogP contribution in [0.3, 0.4) is 0 Å². The molecule has 106 valence electrons. The second kappa shape index (κ2) is 5.05. The lowest BCUT2D eigenvalue weighted by Crippen LogP contribution is -2.04. The first-order chi connectivity index (χ1) is 9.36. The molecule has 0 fully saturated rings. The summed E-state index contributed by atoms with van der Waals surface area (Å²) in [6, 6.07) is 9.02. The number of hydrogen-bond acceptors (Lipinski definition) is 5. The summed E-state index contributed by atoms with van der Waals surface area (Å²) in [6.45, 7) is 1.82. The number of methoxy groups -OCH3 is 1. The molecule has 2 rings (SSSR count). The molecular weight excluding hydrogens is 276 g/mol. The standard InChI is InChI=1S/C14H16N2O3S/c1-9-3-4-10(7-12(9)15)20(17,18)11-5-6-14(19-2)13(16)8-11/h3-8H,15-16H2,1-2H3. The fraction of sp³-hybridized carbons (Fsp3) is 0.143. The molecule has 0 saturated carbocycles.